The van der Waals surface area contributed by atoms with E-state index >= 15 is 0 Å². The fourth-order valence-electron chi connectivity index (χ4n) is 1.35. The Morgan fingerprint density at radius 2 is 1.50 bits per heavy atom. The quantitative estimate of drug-likeness (QED) is 0.554. The van der Waals surface area contributed by atoms with Gasteiger partial charge in [0.1, 0.15) is 0 Å². The van der Waals surface area contributed by atoms with Crippen molar-refractivity contribution in [2.75, 3.05) is 32.7 Å². The van der Waals surface area contributed by atoms with Gasteiger partial charge in [0, 0.05) is 0 Å². The van der Waals surface area contributed by atoms with Crippen molar-refractivity contribution >= 4 is 11.8 Å². The second kappa shape index (κ2) is 10.2. The van der Waals surface area contributed by atoms with E-state index in [2.05, 4.69) is 22.5 Å². The Morgan fingerprint density at radius 1 is 1.06 bits per heavy atom. The van der Waals surface area contributed by atoms with Crippen LogP contribution in [0.1, 0.15) is 13.3 Å². The first-order valence-corrected chi connectivity index (χ1v) is 5.76. The topological polar surface area (TPSA) is 61.4 Å². The molecule has 0 aromatic carbocycles. The minimum atomic E-state index is -0.189. The normalized spacial score (nSPS) is 9.33. The molecule has 0 unspecified atom stereocenters. The molecule has 5 heteroatoms. The molecule has 0 radical (unpaired) electrons. The van der Waals surface area contributed by atoms with Crippen molar-refractivity contribution < 1.29 is 9.59 Å². The fraction of sp³-hybridized carbons (Fsp3) is 0.538. The molecule has 0 aliphatic rings. The largest absolute Gasteiger partial charge is 0.344 e. The van der Waals surface area contributed by atoms with Gasteiger partial charge in [-0.05, 0) is 13.0 Å². The molecule has 0 rings (SSSR count). The average Bonchev–Trinajstić information content (AvgIpc) is 2.34. The number of rotatable bonds is 8. The zero-order valence-corrected chi connectivity index (χ0v) is 10.7. The molecule has 0 heterocycles. The lowest BCUT2D eigenvalue weighted by Gasteiger charge is -2.19. The smallest absolute Gasteiger partial charge is 0.234 e. The van der Waals surface area contributed by atoms with Gasteiger partial charge in [-0.2, -0.15) is 0 Å². The van der Waals surface area contributed by atoms with Crippen LogP contribution in [0, 0.1) is 24.7 Å². The van der Waals surface area contributed by atoms with E-state index in [4.69, 9.17) is 12.8 Å². The third-order valence-corrected chi connectivity index (χ3v) is 2.05. The fourth-order valence-corrected chi connectivity index (χ4v) is 1.35. The molecule has 0 bridgehead atoms. The second-order valence-corrected chi connectivity index (χ2v) is 3.67. The van der Waals surface area contributed by atoms with Crippen molar-refractivity contribution in [2.45, 2.75) is 13.3 Å². The highest BCUT2D eigenvalue weighted by Gasteiger charge is 2.12. The number of nitrogens with one attached hydrogen (secondary N) is 2. The zero-order chi connectivity index (χ0) is 13.8. The maximum atomic E-state index is 11.5. The van der Waals surface area contributed by atoms with Crippen molar-refractivity contribution in [2.24, 2.45) is 0 Å². The molecule has 0 aromatic rings. The number of carbonyl (C=O) groups is 2. The zero-order valence-electron chi connectivity index (χ0n) is 10.7. The first kappa shape index (κ1) is 16.0. The summed E-state index contributed by atoms with van der Waals surface area (Å²) in [6.07, 6.45) is 10.9. The molecular formula is C13H19N3O2. The summed E-state index contributed by atoms with van der Waals surface area (Å²) < 4.78 is 0. The van der Waals surface area contributed by atoms with Crippen LogP contribution in [0.2, 0.25) is 0 Å². The summed E-state index contributed by atoms with van der Waals surface area (Å²) >= 11 is 0. The number of carbonyl (C=O) groups excluding carboxylic acids is 2. The molecule has 0 spiro atoms. The number of nitrogens with zero attached hydrogens (tertiary/aromatic N) is 1. The third-order valence-electron chi connectivity index (χ3n) is 2.05. The molecule has 0 atom stereocenters. The first-order chi connectivity index (χ1) is 8.63. The summed E-state index contributed by atoms with van der Waals surface area (Å²) in [5, 5.41) is 5.11. The van der Waals surface area contributed by atoms with E-state index in [1.54, 1.807) is 4.90 Å². The molecule has 2 amide bonds. The highest BCUT2D eigenvalue weighted by atomic mass is 16.2. The molecule has 0 fully saturated rings. The van der Waals surface area contributed by atoms with E-state index in [9.17, 15) is 9.59 Å². The summed E-state index contributed by atoms with van der Waals surface area (Å²) in [5.41, 5.74) is 0. The number of hydrogen-bond acceptors (Lipinski definition) is 3. The molecule has 0 aliphatic heterocycles. The molecular weight excluding hydrogens is 230 g/mol. The van der Waals surface area contributed by atoms with Crippen molar-refractivity contribution in [3.8, 4) is 24.7 Å². The molecule has 2 N–H and O–H groups in total. The van der Waals surface area contributed by atoms with Crippen LogP contribution >= 0.6 is 0 Å². The minimum Gasteiger partial charge on any atom is -0.344 e. The standard InChI is InChI=1S/C13H19N3O2/c1-4-7-14-12(17)10-16(9-6-3)11-13(18)15-8-5-2/h1-2H,6-11H2,3H3,(H,14,17)(H,15,18). The van der Waals surface area contributed by atoms with Gasteiger partial charge in [-0.25, -0.2) is 0 Å². The maximum absolute atomic E-state index is 11.5. The van der Waals surface area contributed by atoms with Crippen LogP contribution in [0.5, 0.6) is 0 Å². The number of amides is 2. The van der Waals surface area contributed by atoms with Gasteiger partial charge in [0.15, 0.2) is 0 Å². The molecule has 0 aliphatic carbocycles. The van der Waals surface area contributed by atoms with Crippen LogP contribution in [0.25, 0.3) is 0 Å². The van der Waals surface area contributed by atoms with Gasteiger partial charge in [0.25, 0.3) is 0 Å². The number of terminal acetylenes is 2. The first-order valence-electron chi connectivity index (χ1n) is 5.76. The third kappa shape index (κ3) is 8.20. The van der Waals surface area contributed by atoms with E-state index in [0.717, 1.165) is 6.42 Å². The van der Waals surface area contributed by atoms with Crippen LogP contribution in [0.15, 0.2) is 0 Å². The van der Waals surface area contributed by atoms with Gasteiger partial charge in [0.05, 0.1) is 26.2 Å². The van der Waals surface area contributed by atoms with E-state index in [1.165, 1.54) is 0 Å². The maximum Gasteiger partial charge on any atom is 0.234 e. The lowest BCUT2D eigenvalue weighted by atomic mass is 10.3. The Kier molecular flexibility index (Phi) is 9.07. The van der Waals surface area contributed by atoms with E-state index in [-0.39, 0.29) is 38.0 Å². The lowest BCUT2D eigenvalue weighted by Crippen LogP contribution is -2.43. The monoisotopic (exact) mass is 249 g/mol. The van der Waals surface area contributed by atoms with Gasteiger partial charge < -0.3 is 10.6 Å². The predicted molar refractivity (Wildman–Crippen MR) is 70.4 cm³/mol. The van der Waals surface area contributed by atoms with Crippen molar-refractivity contribution in [1.82, 2.24) is 15.5 Å². The van der Waals surface area contributed by atoms with Crippen molar-refractivity contribution in [3.05, 3.63) is 0 Å². The molecule has 98 valence electrons. The van der Waals surface area contributed by atoms with Crippen molar-refractivity contribution in [1.29, 1.82) is 0 Å². The van der Waals surface area contributed by atoms with E-state index in [1.807, 2.05) is 6.92 Å². The van der Waals surface area contributed by atoms with E-state index in [0.29, 0.717) is 6.54 Å². The highest BCUT2D eigenvalue weighted by Crippen LogP contribution is 1.91. The summed E-state index contributed by atoms with van der Waals surface area (Å²) in [6.45, 7) is 3.33. The summed E-state index contributed by atoms with van der Waals surface area (Å²) in [6, 6.07) is 0. The Bertz CT molecular complexity index is 320. The molecule has 18 heavy (non-hydrogen) atoms. The molecule has 5 nitrogen and oxygen atoms in total. The Hall–Kier alpha value is -1.98. The Labute approximate surface area is 108 Å². The van der Waals surface area contributed by atoms with Gasteiger partial charge in [-0.1, -0.05) is 18.8 Å². The van der Waals surface area contributed by atoms with Gasteiger partial charge in [-0.15, -0.1) is 12.8 Å². The van der Waals surface area contributed by atoms with Gasteiger partial charge in [0.2, 0.25) is 11.8 Å². The minimum absolute atomic E-state index is 0.152. The second-order valence-electron chi connectivity index (χ2n) is 3.67. The SMILES string of the molecule is C#CCNC(=O)CN(CCC)CC(=O)NCC#C. The Balaban J connectivity index is 4.14. The predicted octanol–water partition coefficient (Wildman–Crippen LogP) is -0.803. The van der Waals surface area contributed by atoms with Crippen molar-refractivity contribution in [3.63, 3.8) is 0 Å². The van der Waals surface area contributed by atoms with Crippen LogP contribution < -0.4 is 10.6 Å². The molecule has 0 aromatic heterocycles. The van der Waals surface area contributed by atoms with Crippen LogP contribution in [0.3, 0.4) is 0 Å². The van der Waals surface area contributed by atoms with Crippen LogP contribution in [-0.2, 0) is 9.59 Å². The Morgan fingerprint density at radius 3 is 1.83 bits per heavy atom. The lowest BCUT2D eigenvalue weighted by molar-refractivity contribution is -0.124. The van der Waals surface area contributed by atoms with Gasteiger partial charge in [-0.3, -0.25) is 14.5 Å². The average molecular weight is 249 g/mol. The van der Waals surface area contributed by atoms with Gasteiger partial charge >= 0.3 is 0 Å². The summed E-state index contributed by atoms with van der Waals surface area (Å²) in [4.78, 5) is 24.7. The summed E-state index contributed by atoms with van der Waals surface area (Å²) in [5.74, 6) is 4.26. The van der Waals surface area contributed by atoms with Crippen LogP contribution in [-0.4, -0.2) is 49.4 Å². The highest BCUT2D eigenvalue weighted by molar-refractivity contribution is 5.81. The van der Waals surface area contributed by atoms with E-state index < -0.39 is 0 Å². The summed E-state index contributed by atoms with van der Waals surface area (Å²) in [7, 11) is 0. The molecule has 0 saturated heterocycles. The number of hydrogen-bond donors (Lipinski definition) is 2. The molecule has 0 saturated carbocycles. The van der Waals surface area contributed by atoms with Crippen LogP contribution in [0.4, 0.5) is 0 Å².